The third-order valence-corrected chi connectivity index (χ3v) is 13.5. The molecular formula is C9H16N2OP4S. The molecule has 4 unspecified atom stereocenters. The molecule has 3 nitrogen and oxygen atoms in total. The number of aromatic nitrogens is 1. The van der Waals surface area contributed by atoms with Crippen LogP contribution in [0.15, 0.2) is 0 Å². The zero-order chi connectivity index (χ0) is 12.4. The van der Waals surface area contributed by atoms with Crippen molar-refractivity contribution in [3.8, 4) is 0 Å². The number of nitrogens with zero attached hydrogens (tertiary/aromatic N) is 2. The molecule has 0 N–H and O–H groups in total. The molecule has 0 saturated heterocycles. The SMILES string of the molecule is CCCN1CCc2snc(P(P)PP)c2C1=O. The molecule has 2 heterocycles. The molecule has 0 fully saturated rings. The van der Waals surface area contributed by atoms with Gasteiger partial charge in [0.2, 0.25) is 0 Å². The van der Waals surface area contributed by atoms with Crippen molar-refractivity contribution < 1.29 is 4.79 Å². The Morgan fingerprint density at radius 2 is 2.41 bits per heavy atom. The number of hydrogen-bond acceptors (Lipinski definition) is 3. The van der Waals surface area contributed by atoms with E-state index in [-0.39, 0.29) is 13.2 Å². The van der Waals surface area contributed by atoms with Gasteiger partial charge >= 0.3 is 0 Å². The van der Waals surface area contributed by atoms with Gasteiger partial charge < -0.3 is 4.90 Å². The summed E-state index contributed by atoms with van der Waals surface area (Å²) in [7, 11) is 6.03. The summed E-state index contributed by atoms with van der Waals surface area (Å²) in [5.41, 5.74) is 1.97. The van der Waals surface area contributed by atoms with E-state index in [1.807, 2.05) is 4.90 Å². The second kappa shape index (κ2) is 6.31. The molecule has 0 spiro atoms. The van der Waals surface area contributed by atoms with Crippen molar-refractivity contribution in [3.05, 3.63) is 10.4 Å². The zero-order valence-corrected chi connectivity index (χ0v) is 14.7. The fourth-order valence-electron chi connectivity index (χ4n) is 1.90. The largest absolute Gasteiger partial charge is 0.338 e. The van der Waals surface area contributed by atoms with E-state index in [1.54, 1.807) is 0 Å². The van der Waals surface area contributed by atoms with Crippen LogP contribution in [0, 0.1) is 0 Å². The lowest BCUT2D eigenvalue weighted by atomic mass is 10.1. The number of fused-ring (bicyclic) bond motifs is 1. The molecule has 0 aliphatic carbocycles. The maximum atomic E-state index is 12.4. The predicted molar refractivity (Wildman–Crippen MR) is 86.3 cm³/mol. The molecule has 94 valence electrons. The van der Waals surface area contributed by atoms with E-state index in [2.05, 4.69) is 29.2 Å². The van der Waals surface area contributed by atoms with E-state index in [1.165, 1.54) is 16.4 Å². The van der Waals surface area contributed by atoms with Crippen LogP contribution in [0.5, 0.6) is 0 Å². The molecule has 0 saturated carbocycles. The average Bonchev–Trinajstić information content (AvgIpc) is 2.76. The summed E-state index contributed by atoms with van der Waals surface area (Å²) in [6, 6.07) is 0. The standard InChI is InChI=1S/C9H16N2OP4S/c1-2-4-11-5-3-6-7(9(11)12)8(10-17-6)16(14)15-13/h15H,2-5,13-14H2,1H3. The molecule has 17 heavy (non-hydrogen) atoms. The maximum Gasteiger partial charge on any atom is 0.257 e. The van der Waals surface area contributed by atoms with Crippen LogP contribution in [0.1, 0.15) is 28.6 Å². The summed E-state index contributed by atoms with van der Waals surface area (Å²) < 4.78 is 4.51. The van der Waals surface area contributed by atoms with Crippen molar-refractivity contribution in [2.45, 2.75) is 19.8 Å². The fraction of sp³-hybridized carbons (Fsp3) is 0.556. The summed E-state index contributed by atoms with van der Waals surface area (Å²) >= 11 is 1.52. The lowest BCUT2D eigenvalue weighted by Crippen LogP contribution is -2.39. The van der Waals surface area contributed by atoms with Gasteiger partial charge in [0.1, 0.15) is 0 Å². The second-order valence-electron chi connectivity index (χ2n) is 3.85. The van der Waals surface area contributed by atoms with Crippen molar-refractivity contribution >= 4 is 56.0 Å². The van der Waals surface area contributed by atoms with Crippen molar-refractivity contribution in [3.63, 3.8) is 0 Å². The monoisotopic (exact) mass is 324 g/mol. The molecular weight excluding hydrogens is 308 g/mol. The van der Waals surface area contributed by atoms with Gasteiger partial charge in [0, 0.05) is 24.4 Å². The normalized spacial score (nSPS) is 17.8. The summed E-state index contributed by atoms with van der Waals surface area (Å²) in [4.78, 5) is 15.6. The summed E-state index contributed by atoms with van der Waals surface area (Å²) in [5.74, 6) is 0.204. The van der Waals surface area contributed by atoms with Crippen molar-refractivity contribution in [2.24, 2.45) is 0 Å². The Balaban J connectivity index is 2.32. The van der Waals surface area contributed by atoms with E-state index >= 15 is 0 Å². The highest BCUT2D eigenvalue weighted by Crippen LogP contribution is 2.65. The Morgan fingerprint density at radius 3 is 3.06 bits per heavy atom. The highest BCUT2D eigenvalue weighted by atomic mass is 32.6. The topological polar surface area (TPSA) is 33.2 Å². The van der Waals surface area contributed by atoms with Crippen LogP contribution in [0.25, 0.3) is 0 Å². The third-order valence-electron chi connectivity index (χ3n) is 2.72. The highest BCUT2D eigenvalue weighted by molar-refractivity contribution is 8.63. The summed E-state index contributed by atoms with van der Waals surface area (Å²) in [6.45, 7) is 3.84. The second-order valence-corrected chi connectivity index (χ2v) is 13.8. The van der Waals surface area contributed by atoms with Gasteiger partial charge in [-0.3, -0.25) is 4.79 Å². The van der Waals surface area contributed by atoms with Gasteiger partial charge in [0.05, 0.1) is 11.0 Å². The zero-order valence-electron chi connectivity index (χ0n) is 9.64. The van der Waals surface area contributed by atoms with E-state index < -0.39 is 0 Å². The first-order valence-corrected chi connectivity index (χ1v) is 12.9. The minimum atomic E-state index is -0.347. The van der Waals surface area contributed by atoms with Gasteiger partial charge in [-0.05, 0) is 25.3 Å². The van der Waals surface area contributed by atoms with Crippen LogP contribution in [-0.4, -0.2) is 28.3 Å². The smallest absolute Gasteiger partial charge is 0.257 e. The Bertz CT molecular complexity index is 425. The van der Waals surface area contributed by atoms with E-state index in [9.17, 15) is 4.79 Å². The maximum absolute atomic E-state index is 12.4. The van der Waals surface area contributed by atoms with E-state index in [0.717, 1.165) is 44.9 Å². The number of carbonyl (C=O) groups excluding carboxylic acids is 1. The van der Waals surface area contributed by atoms with Gasteiger partial charge in [0.25, 0.3) is 5.91 Å². The van der Waals surface area contributed by atoms with Gasteiger partial charge in [0.15, 0.2) is 0 Å². The molecule has 8 heteroatoms. The molecule has 0 aromatic carbocycles. The first-order valence-electron chi connectivity index (χ1n) is 5.48. The van der Waals surface area contributed by atoms with Gasteiger partial charge in [-0.2, -0.15) is 4.37 Å². The quantitative estimate of drug-likeness (QED) is 0.798. The fourth-order valence-corrected chi connectivity index (χ4v) is 6.78. The van der Waals surface area contributed by atoms with Gasteiger partial charge in [-0.1, -0.05) is 14.9 Å². The van der Waals surface area contributed by atoms with Crippen LogP contribution in [-0.2, 0) is 6.42 Å². The molecule has 1 aromatic rings. The molecule has 1 aromatic heterocycles. The minimum Gasteiger partial charge on any atom is -0.338 e. The number of hydrogen-bond donors (Lipinski definition) is 0. The molecule has 2 rings (SSSR count). The Kier molecular flexibility index (Phi) is 5.29. The molecule has 4 atom stereocenters. The minimum absolute atomic E-state index is 0.204. The van der Waals surface area contributed by atoms with Crippen molar-refractivity contribution in [1.82, 2.24) is 9.27 Å². The van der Waals surface area contributed by atoms with Crippen LogP contribution >= 0.6 is 44.6 Å². The van der Waals surface area contributed by atoms with Gasteiger partial charge in [-0.15, -0.1) is 17.9 Å². The first kappa shape index (κ1) is 14.2. The van der Waals surface area contributed by atoms with Crippen molar-refractivity contribution in [2.75, 3.05) is 13.1 Å². The Labute approximate surface area is 113 Å². The lowest BCUT2D eigenvalue weighted by molar-refractivity contribution is 0.0743. The molecule has 0 bridgehead atoms. The number of rotatable bonds is 4. The third kappa shape index (κ3) is 2.88. The Hall–Kier alpha value is 0.820. The van der Waals surface area contributed by atoms with Crippen LogP contribution in [0.4, 0.5) is 0 Å². The molecule has 0 radical (unpaired) electrons. The molecule has 1 aliphatic heterocycles. The van der Waals surface area contributed by atoms with Crippen LogP contribution < -0.4 is 5.44 Å². The van der Waals surface area contributed by atoms with Crippen molar-refractivity contribution in [1.29, 1.82) is 0 Å². The van der Waals surface area contributed by atoms with Crippen LogP contribution in [0.2, 0.25) is 0 Å². The van der Waals surface area contributed by atoms with E-state index in [0.29, 0.717) is 0 Å². The molecule has 1 aliphatic rings. The summed E-state index contributed by atoms with van der Waals surface area (Å²) in [6.07, 6.45) is 2.00. The Morgan fingerprint density at radius 1 is 1.65 bits per heavy atom. The first-order chi connectivity index (χ1) is 8.19. The number of carbonyl (C=O) groups is 1. The highest BCUT2D eigenvalue weighted by Gasteiger charge is 2.30. The lowest BCUT2D eigenvalue weighted by Gasteiger charge is -2.27. The predicted octanol–water partition coefficient (Wildman–Crippen LogP) is 2.83. The average molecular weight is 324 g/mol. The molecule has 1 amide bonds. The summed E-state index contributed by atoms with van der Waals surface area (Å²) in [5, 5.41) is 0. The number of amides is 1. The van der Waals surface area contributed by atoms with Crippen LogP contribution in [0.3, 0.4) is 0 Å². The van der Waals surface area contributed by atoms with E-state index in [4.69, 9.17) is 0 Å². The van der Waals surface area contributed by atoms with Gasteiger partial charge in [-0.25, -0.2) is 0 Å².